The number of alkyl halides is 3. The van der Waals surface area contributed by atoms with Gasteiger partial charge in [-0.2, -0.15) is 13.2 Å². The van der Waals surface area contributed by atoms with E-state index in [-0.39, 0.29) is 17.5 Å². The van der Waals surface area contributed by atoms with Crippen molar-refractivity contribution in [2.24, 2.45) is 0 Å². The molecule has 0 aliphatic carbocycles. The molecule has 1 saturated heterocycles. The molecule has 2 aromatic carbocycles. The quantitative estimate of drug-likeness (QED) is 0.666. The van der Waals surface area contributed by atoms with E-state index in [4.69, 9.17) is 0 Å². The molecule has 3 aromatic rings. The molecular formula is C21H20F3N3OS. The van der Waals surface area contributed by atoms with E-state index in [9.17, 15) is 18.0 Å². The topological polar surface area (TPSA) is 45.2 Å². The van der Waals surface area contributed by atoms with E-state index in [2.05, 4.69) is 27.3 Å². The van der Waals surface area contributed by atoms with Crippen molar-refractivity contribution >= 4 is 27.5 Å². The monoisotopic (exact) mass is 419 g/mol. The maximum Gasteiger partial charge on any atom is 0.443 e. The fourth-order valence-electron chi connectivity index (χ4n) is 3.53. The summed E-state index contributed by atoms with van der Waals surface area (Å²) >= 11 is 0.560. The number of hydrogen-bond donors (Lipinski definition) is 1. The molecule has 1 amide bonds. The summed E-state index contributed by atoms with van der Waals surface area (Å²) < 4.78 is 38.8. The van der Waals surface area contributed by atoms with Crippen LogP contribution in [-0.2, 0) is 12.7 Å². The van der Waals surface area contributed by atoms with Gasteiger partial charge < -0.3 is 5.32 Å². The summed E-state index contributed by atoms with van der Waals surface area (Å²) in [6.07, 6.45) is -2.78. The van der Waals surface area contributed by atoms with Crippen molar-refractivity contribution in [3.05, 3.63) is 64.7 Å². The van der Waals surface area contributed by atoms with Crippen molar-refractivity contribution in [3.63, 3.8) is 0 Å². The zero-order chi connectivity index (χ0) is 20.4. The van der Waals surface area contributed by atoms with Gasteiger partial charge in [-0.05, 0) is 36.6 Å². The number of piperidine rings is 1. The van der Waals surface area contributed by atoms with Gasteiger partial charge in [0.15, 0.2) is 5.01 Å². The second kappa shape index (κ2) is 8.12. The number of nitrogens with zero attached hydrogens (tertiary/aromatic N) is 2. The third-order valence-corrected chi connectivity index (χ3v) is 6.13. The first-order valence-electron chi connectivity index (χ1n) is 9.43. The standard InChI is InChI=1S/C21H20F3N3OS/c22-21(23,24)20-26-17-7-6-15(12-18(17)29-20)19(28)25-16-8-10-27(11-9-16)13-14-4-2-1-3-5-14/h1-7,12,16H,8-11,13H2,(H,25,28). The summed E-state index contributed by atoms with van der Waals surface area (Å²) in [6.45, 7) is 2.68. The number of amides is 1. The molecule has 1 aliphatic rings. The van der Waals surface area contributed by atoms with Crippen molar-refractivity contribution in [1.29, 1.82) is 0 Å². The largest absolute Gasteiger partial charge is 0.443 e. The molecule has 0 spiro atoms. The zero-order valence-corrected chi connectivity index (χ0v) is 16.4. The minimum Gasteiger partial charge on any atom is -0.349 e. The number of likely N-dealkylation sites (tertiary alicyclic amines) is 1. The first kappa shape index (κ1) is 19.8. The molecule has 0 unspecified atom stereocenters. The zero-order valence-electron chi connectivity index (χ0n) is 15.6. The van der Waals surface area contributed by atoms with Gasteiger partial charge in [-0.15, -0.1) is 11.3 Å². The van der Waals surface area contributed by atoms with Gasteiger partial charge in [-0.1, -0.05) is 30.3 Å². The normalized spacial score (nSPS) is 16.2. The Hall–Kier alpha value is -2.45. The number of rotatable bonds is 4. The van der Waals surface area contributed by atoms with E-state index in [0.717, 1.165) is 32.5 Å². The molecular weight excluding hydrogens is 399 g/mol. The van der Waals surface area contributed by atoms with Crippen LogP contribution in [0.3, 0.4) is 0 Å². The molecule has 1 N–H and O–H groups in total. The van der Waals surface area contributed by atoms with Crippen LogP contribution in [0, 0.1) is 0 Å². The van der Waals surface area contributed by atoms with Gasteiger partial charge in [0, 0.05) is 31.2 Å². The lowest BCUT2D eigenvalue weighted by molar-refractivity contribution is -0.137. The molecule has 4 nitrogen and oxygen atoms in total. The SMILES string of the molecule is O=C(NC1CCN(Cc2ccccc2)CC1)c1ccc2nc(C(F)(F)F)sc2c1. The fourth-order valence-corrected chi connectivity index (χ4v) is 4.41. The van der Waals surface area contributed by atoms with Crippen molar-refractivity contribution < 1.29 is 18.0 Å². The van der Waals surface area contributed by atoms with Crippen LogP contribution in [0.5, 0.6) is 0 Å². The summed E-state index contributed by atoms with van der Waals surface area (Å²) in [6, 6.07) is 14.8. The van der Waals surface area contributed by atoms with Gasteiger partial charge in [-0.25, -0.2) is 4.98 Å². The first-order valence-corrected chi connectivity index (χ1v) is 10.2. The Labute approximate surface area is 170 Å². The number of nitrogens with one attached hydrogen (secondary N) is 1. The Kier molecular flexibility index (Phi) is 5.56. The Morgan fingerprint density at radius 2 is 1.86 bits per heavy atom. The number of aromatic nitrogens is 1. The molecule has 8 heteroatoms. The number of carbonyl (C=O) groups excluding carboxylic acids is 1. The summed E-state index contributed by atoms with van der Waals surface area (Å²) in [5, 5.41) is 2.12. The van der Waals surface area contributed by atoms with Gasteiger partial charge in [0.2, 0.25) is 0 Å². The van der Waals surface area contributed by atoms with Crippen LogP contribution in [-0.4, -0.2) is 34.9 Å². The number of fused-ring (bicyclic) bond motifs is 1. The highest BCUT2D eigenvalue weighted by atomic mass is 32.1. The minimum absolute atomic E-state index is 0.0671. The van der Waals surface area contributed by atoms with E-state index in [0.29, 0.717) is 21.6 Å². The number of benzene rings is 2. The predicted octanol–water partition coefficient (Wildman–Crippen LogP) is 4.71. The van der Waals surface area contributed by atoms with Crippen LogP contribution in [0.1, 0.15) is 33.8 Å². The van der Waals surface area contributed by atoms with E-state index in [1.54, 1.807) is 0 Å². The highest BCUT2D eigenvalue weighted by molar-refractivity contribution is 7.18. The Balaban J connectivity index is 1.35. The molecule has 152 valence electrons. The Bertz CT molecular complexity index is 995. The molecule has 0 atom stereocenters. The Morgan fingerprint density at radius 3 is 2.55 bits per heavy atom. The minimum atomic E-state index is -4.47. The number of halogens is 3. The van der Waals surface area contributed by atoms with Crippen molar-refractivity contribution in [3.8, 4) is 0 Å². The second-order valence-electron chi connectivity index (χ2n) is 7.21. The van der Waals surface area contributed by atoms with Gasteiger partial charge in [0.1, 0.15) is 0 Å². The molecule has 0 bridgehead atoms. The Morgan fingerprint density at radius 1 is 1.14 bits per heavy atom. The number of carbonyl (C=O) groups is 1. The van der Waals surface area contributed by atoms with Crippen LogP contribution >= 0.6 is 11.3 Å². The van der Waals surface area contributed by atoms with Gasteiger partial charge in [0.05, 0.1) is 10.2 Å². The average molecular weight is 419 g/mol. The smallest absolute Gasteiger partial charge is 0.349 e. The van der Waals surface area contributed by atoms with E-state index in [1.807, 2.05) is 18.2 Å². The lowest BCUT2D eigenvalue weighted by atomic mass is 10.0. The average Bonchev–Trinajstić information content (AvgIpc) is 3.14. The van der Waals surface area contributed by atoms with Crippen LogP contribution in [0.25, 0.3) is 10.2 Å². The molecule has 1 aromatic heterocycles. The van der Waals surface area contributed by atoms with E-state index in [1.165, 1.54) is 23.8 Å². The van der Waals surface area contributed by atoms with Crippen LogP contribution in [0.4, 0.5) is 13.2 Å². The van der Waals surface area contributed by atoms with Crippen LogP contribution in [0.2, 0.25) is 0 Å². The molecule has 4 rings (SSSR count). The summed E-state index contributed by atoms with van der Waals surface area (Å²) in [5.41, 5.74) is 1.89. The van der Waals surface area contributed by atoms with E-state index < -0.39 is 11.2 Å². The lowest BCUT2D eigenvalue weighted by Crippen LogP contribution is -2.44. The van der Waals surface area contributed by atoms with Crippen molar-refractivity contribution in [2.75, 3.05) is 13.1 Å². The third-order valence-electron chi connectivity index (χ3n) is 5.06. The van der Waals surface area contributed by atoms with Crippen LogP contribution < -0.4 is 5.32 Å². The number of thiazole rings is 1. The molecule has 0 radical (unpaired) electrons. The van der Waals surface area contributed by atoms with Crippen molar-refractivity contribution in [1.82, 2.24) is 15.2 Å². The maximum atomic E-state index is 12.8. The second-order valence-corrected chi connectivity index (χ2v) is 8.24. The van der Waals surface area contributed by atoms with Crippen molar-refractivity contribution in [2.45, 2.75) is 31.6 Å². The molecule has 0 saturated carbocycles. The highest BCUT2D eigenvalue weighted by Gasteiger charge is 2.35. The molecule has 1 aliphatic heterocycles. The summed E-state index contributed by atoms with van der Waals surface area (Å²) in [7, 11) is 0. The van der Waals surface area contributed by atoms with E-state index >= 15 is 0 Å². The van der Waals surface area contributed by atoms with Gasteiger partial charge >= 0.3 is 6.18 Å². The fraction of sp³-hybridized carbons (Fsp3) is 0.333. The molecule has 2 heterocycles. The number of hydrogen-bond acceptors (Lipinski definition) is 4. The molecule has 1 fully saturated rings. The van der Waals surface area contributed by atoms with Crippen LogP contribution in [0.15, 0.2) is 48.5 Å². The molecule has 29 heavy (non-hydrogen) atoms. The predicted molar refractivity (Wildman–Crippen MR) is 107 cm³/mol. The van der Waals surface area contributed by atoms with Gasteiger partial charge in [-0.3, -0.25) is 9.69 Å². The third kappa shape index (κ3) is 4.76. The highest BCUT2D eigenvalue weighted by Crippen LogP contribution is 2.35. The first-order chi connectivity index (χ1) is 13.9. The lowest BCUT2D eigenvalue weighted by Gasteiger charge is -2.32. The summed E-state index contributed by atoms with van der Waals surface area (Å²) in [4.78, 5) is 18.5. The summed E-state index contributed by atoms with van der Waals surface area (Å²) in [5.74, 6) is -0.254. The maximum absolute atomic E-state index is 12.8. The van der Waals surface area contributed by atoms with Gasteiger partial charge in [0.25, 0.3) is 5.91 Å².